The van der Waals surface area contributed by atoms with Crippen molar-refractivity contribution in [3.63, 3.8) is 0 Å². The Balaban J connectivity index is 1.61. The van der Waals surface area contributed by atoms with Crippen molar-refractivity contribution in [2.75, 3.05) is 0 Å². The molecule has 0 unspecified atom stereocenters. The number of H-pyrrole nitrogens is 2. The van der Waals surface area contributed by atoms with Crippen molar-refractivity contribution in [1.82, 2.24) is 34.7 Å². The maximum atomic E-state index is 13.5. The van der Waals surface area contributed by atoms with Crippen LogP contribution in [-0.2, 0) is 0 Å². The largest absolute Gasteiger partial charge is 0.298 e. The van der Waals surface area contributed by atoms with Crippen LogP contribution in [0.4, 0.5) is 0 Å². The molecule has 5 aromatic rings. The first-order chi connectivity index (χ1) is 17.2. The van der Waals surface area contributed by atoms with E-state index in [9.17, 15) is 4.79 Å². The second kappa shape index (κ2) is 6.83. The van der Waals surface area contributed by atoms with E-state index in [4.69, 9.17) is 9.97 Å². The number of nitrogens with one attached hydrogen (secondary N) is 2. The second-order valence-corrected chi connectivity index (χ2v) is 10.0. The zero-order chi connectivity index (χ0) is 23.1. The number of fused-ring (bicyclic) bond motifs is 9. The first-order valence-corrected chi connectivity index (χ1v) is 12.3. The Hall–Kier alpha value is -4.37. The van der Waals surface area contributed by atoms with E-state index in [1.807, 2.05) is 34.9 Å². The summed E-state index contributed by atoms with van der Waals surface area (Å²) in [7, 11) is 0. The van der Waals surface area contributed by atoms with Crippen molar-refractivity contribution in [3.8, 4) is 11.3 Å². The molecular formula is C26H17N7OS. The van der Waals surface area contributed by atoms with Gasteiger partial charge in [-0.15, -0.1) is 11.3 Å². The van der Waals surface area contributed by atoms with Crippen LogP contribution < -0.4 is 0 Å². The van der Waals surface area contributed by atoms with Gasteiger partial charge in [0.25, 0.3) is 0 Å². The molecule has 1 aromatic carbocycles. The summed E-state index contributed by atoms with van der Waals surface area (Å²) in [5, 5.41) is 8.25. The molecule has 2 N–H and O–H groups in total. The lowest BCUT2D eigenvalue weighted by Crippen LogP contribution is -2.12. The van der Waals surface area contributed by atoms with E-state index in [0.29, 0.717) is 5.65 Å². The maximum Gasteiger partial charge on any atom is 0.235 e. The SMILES string of the molecule is O=C(C1CC1)n1c2cncc(c2)c2cc3c(cn2)[nH][nH]c-3c2nc3cccc(c4ccc1s4)c3n2. The molecule has 0 saturated heterocycles. The van der Waals surface area contributed by atoms with Gasteiger partial charge in [0.15, 0.2) is 5.65 Å². The van der Waals surface area contributed by atoms with Crippen molar-refractivity contribution in [2.45, 2.75) is 12.8 Å². The summed E-state index contributed by atoms with van der Waals surface area (Å²) in [6.45, 7) is 0. The second-order valence-electron chi connectivity index (χ2n) is 8.98. The molecule has 35 heavy (non-hydrogen) atoms. The number of benzene rings is 1. The number of rotatable bonds is 1. The Bertz CT molecular complexity index is 2000. The third-order valence-electron chi connectivity index (χ3n) is 6.68. The Morgan fingerprint density at radius 2 is 1.94 bits per heavy atom. The fraction of sp³-hybridized carbons (Fsp3) is 0.115. The van der Waals surface area contributed by atoms with Crippen LogP contribution in [0.2, 0.25) is 0 Å². The number of aromatic amines is 2. The number of para-hydroxylation sites is 1. The number of nitrogens with zero attached hydrogens (tertiary/aromatic N) is 5. The molecule has 168 valence electrons. The molecule has 2 aliphatic heterocycles. The van der Waals surface area contributed by atoms with Crippen molar-refractivity contribution in [1.29, 1.82) is 0 Å². The van der Waals surface area contributed by atoms with Gasteiger partial charge < -0.3 is 0 Å². The summed E-state index contributed by atoms with van der Waals surface area (Å²) >= 11 is 1.58. The average Bonchev–Trinajstić information content (AvgIpc) is 3.26. The Kier molecular flexibility index (Phi) is 3.71. The number of hydrogen-bond acceptors (Lipinski definition) is 6. The maximum absolute atomic E-state index is 13.5. The van der Waals surface area contributed by atoms with Gasteiger partial charge >= 0.3 is 0 Å². The number of imidazole rings is 1. The molecule has 9 heteroatoms. The number of thiophene rings is 1. The third-order valence-corrected chi connectivity index (χ3v) is 7.78. The normalized spacial score (nSPS) is 14.1. The van der Waals surface area contributed by atoms with Crippen LogP contribution >= 0.6 is 11.3 Å². The van der Waals surface area contributed by atoms with E-state index in [2.05, 4.69) is 32.3 Å². The molecule has 6 heterocycles. The number of carbonyl (C=O) groups is 1. The van der Waals surface area contributed by atoms with E-state index in [-0.39, 0.29) is 11.8 Å². The van der Waals surface area contributed by atoms with Crippen LogP contribution in [0.5, 0.6) is 0 Å². The highest BCUT2D eigenvalue weighted by Crippen LogP contribution is 2.35. The van der Waals surface area contributed by atoms with Crippen LogP contribution in [0.15, 0.2) is 61.1 Å². The van der Waals surface area contributed by atoms with Crippen LogP contribution in [0.25, 0.3) is 64.8 Å². The number of hydrogen-bond donors (Lipinski definition) is 2. The fourth-order valence-corrected chi connectivity index (χ4v) is 5.81. The van der Waals surface area contributed by atoms with Gasteiger partial charge in [-0.1, -0.05) is 12.1 Å². The van der Waals surface area contributed by atoms with Gasteiger partial charge in [0, 0.05) is 33.2 Å². The minimum atomic E-state index is 0.0608. The minimum Gasteiger partial charge on any atom is -0.298 e. The molecule has 0 amide bonds. The number of carbonyl (C=O) groups excluding carboxylic acids is 1. The molecule has 8 rings (SSSR count). The molecule has 0 spiro atoms. The molecule has 4 aromatic heterocycles. The lowest BCUT2D eigenvalue weighted by Gasteiger charge is -2.06. The van der Waals surface area contributed by atoms with Crippen LogP contribution in [0, 0.1) is 5.92 Å². The van der Waals surface area contributed by atoms with Crippen molar-refractivity contribution >= 4 is 70.8 Å². The predicted octanol–water partition coefficient (Wildman–Crippen LogP) is 5.83. The Labute approximate surface area is 201 Å². The van der Waals surface area contributed by atoms with E-state index in [1.54, 1.807) is 29.9 Å². The van der Waals surface area contributed by atoms with Crippen LogP contribution in [0.3, 0.4) is 0 Å². The number of pyridine rings is 2. The summed E-state index contributed by atoms with van der Waals surface area (Å²) < 4.78 is 2.85. The molecule has 1 fully saturated rings. The van der Waals surface area contributed by atoms with Gasteiger partial charge in [-0.25, -0.2) is 9.97 Å². The summed E-state index contributed by atoms with van der Waals surface area (Å²) in [6, 6.07) is 14.1. The van der Waals surface area contributed by atoms with Crippen LogP contribution in [-0.4, -0.2) is 40.6 Å². The lowest BCUT2D eigenvalue weighted by molar-refractivity contribution is 0.0896. The van der Waals surface area contributed by atoms with Gasteiger partial charge in [0.2, 0.25) is 5.91 Å². The average molecular weight is 476 g/mol. The lowest BCUT2D eigenvalue weighted by atomic mass is 10.1. The molecule has 1 saturated carbocycles. The van der Waals surface area contributed by atoms with Gasteiger partial charge in [0.05, 0.1) is 40.0 Å². The Morgan fingerprint density at radius 1 is 1.00 bits per heavy atom. The number of aromatic nitrogens is 7. The summed E-state index contributed by atoms with van der Waals surface area (Å²) in [4.78, 5) is 33.3. The van der Waals surface area contributed by atoms with E-state index < -0.39 is 0 Å². The smallest absolute Gasteiger partial charge is 0.235 e. The molecule has 0 atom stereocenters. The highest BCUT2D eigenvalue weighted by atomic mass is 32.1. The zero-order valence-corrected chi connectivity index (χ0v) is 19.1. The topological polar surface area (TPSA) is 105 Å². The Morgan fingerprint density at radius 3 is 2.86 bits per heavy atom. The molecule has 8 bridgehead atoms. The van der Waals surface area contributed by atoms with Crippen molar-refractivity contribution < 1.29 is 4.79 Å². The van der Waals surface area contributed by atoms with Gasteiger partial charge in [-0.2, -0.15) is 0 Å². The van der Waals surface area contributed by atoms with Gasteiger partial charge in [-0.3, -0.25) is 29.5 Å². The fourth-order valence-electron chi connectivity index (χ4n) is 4.75. The first kappa shape index (κ1) is 19.0. The first-order valence-electron chi connectivity index (χ1n) is 11.5. The van der Waals surface area contributed by atoms with Crippen molar-refractivity contribution in [2.24, 2.45) is 5.92 Å². The summed E-state index contributed by atoms with van der Waals surface area (Å²) in [6.07, 6.45) is 7.19. The van der Waals surface area contributed by atoms with Crippen LogP contribution in [0.1, 0.15) is 17.6 Å². The van der Waals surface area contributed by atoms with Gasteiger partial charge in [0.1, 0.15) is 10.5 Å². The molecule has 3 aliphatic rings. The minimum absolute atomic E-state index is 0.0608. The van der Waals surface area contributed by atoms with E-state index in [1.165, 1.54) is 0 Å². The van der Waals surface area contributed by atoms with Crippen molar-refractivity contribution in [3.05, 3.63) is 61.1 Å². The monoisotopic (exact) mass is 475 g/mol. The summed E-state index contributed by atoms with van der Waals surface area (Å²) in [5.41, 5.74) is 6.41. The highest BCUT2D eigenvalue weighted by molar-refractivity contribution is 7.24. The van der Waals surface area contributed by atoms with Gasteiger partial charge in [-0.05, 0) is 43.2 Å². The standard InChI is InChI=1S/C26H17N7OS/c34-26(13-4-5-13)33-15-8-14(10-27-11-15)19-9-17-20(12-28-19)31-32-24(17)25-29-18-3-1-2-16(23(18)30-25)21-6-7-22(33)35-21/h1-3,6-13,31-32H,4-5H2. The predicted molar refractivity (Wildman–Crippen MR) is 137 cm³/mol. The van der Waals surface area contributed by atoms with E-state index in [0.717, 1.165) is 72.0 Å². The quantitative estimate of drug-likeness (QED) is 0.311. The molecular weight excluding hydrogens is 458 g/mol. The summed E-state index contributed by atoms with van der Waals surface area (Å²) in [5.74, 6) is 0.173. The highest BCUT2D eigenvalue weighted by Gasteiger charge is 2.31. The molecule has 0 radical (unpaired) electrons. The third kappa shape index (κ3) is 2.82. The zero-order valence-electron chi connectivity index (χ0n) is 18.3. The molecule has 1 aliphatic carbocycles. The molecule has 8 nitrogen and oxygen atoms in total. The van der Waals surface area contributed by atoms with E-state index >= 15 is 0 Å².